The largest absolute Gasteiger partial charge is 0.494 e. The highest BCUT2D eigenvalue weighted by atomic mass is 16.5. The van der Waals surface area contributed by atoms with Crippen LogP contribution in [0.5, 0.6) is 5.75 Å². The topological polar surface area (TPSA) is 57.4 Å². The Balaban J connectivity index is 1.65. The molecule has 1 aromatic heterocycles. The van der Waals surface area contributed by atoms with E-state index in [2.05, 4.69) is 24.0 Å². The molecule has 23 heavy (non-hydrogen) atoms. The van der Waals surface area contributed by atoms with E-state index in [0.717, 1.165) is 61.9 Å². The van der Waals surface area contributed by atoms with E-state index >= 15 is 0 Å². The van der Waals surface area contributed by atoms with Crippen LogP contribution in [-0.2, 0) is 4.74 Å². The number of rotatable bonds is 5. The third kappa shape index (κ3) is 4.23. The van der Waals surface area contributed by atoms with E-state index in [4.69, 9.17) is 15.2 Å². The van der Waals surface area contributed by atoms with E-state index in [-0.39, 0.29) is 0 Å². The molecule has 1 aromatic carbocycles. The van der Waals surface area contributed by atoms with Gasteiger partial charge in [0.25, 0.3) is 0 Å². The van der Waals surface area contributed by atoms with Crippen LogP contribution in [0.4, 0.5) is 5.82 Å². The zero-order valence-electron chi connectivity index (χ0n) is 13.6. The summed E-state index contributed by atoms with van der Waals surface area (Å²) >= 11 is 0. The number of nitrogens with two attached hydrogens (primary N) is 1. The van der Waals surface area contributed by atoms with Crippen LogP contribution in [0.25, 0.3) is 11.1 Å². The molecule has 4 nitrogen and oxygen atoms in total. The van der Waals surface area contributed by atoms with Crippen molar-refractivity contribution in [1.82, 2.24) is 4.98 Å². The van der Waals surface area contributed by atoms with Crippen molar-refractivity contribution in [3.05, 3.63) is 42.1 Å². The molecule has 1 fully saturated rings. The molecule has 0 bridgehead atoms. The minimum atomic E-state index is 0.535. The van der Waals surface area contributed by atoms with Crippen LogP contribution in [0.15, 0.2) is 36.5 Å². The fraction of sp³-hybridized carbons (Fsp3) is 0.421. The van der Waals surface area contributed by atoms with Gasteiger partial charge in [-0.2, -0.15) is 0 Å². The van der Waals surface area contributed by atoms with Crippen LogP contribution in [0, 0.1) is 12.8 Å². The van der Waals surface area contributed by atoms with Crippen molar-refractivity contribution >= 4 is 5.82 Å². The fourth-order valence-electron chi connectivity index (χ4n) is 3.00. The lowest BCUT2D eigenvalue weighted by Gasteiger charge is -2.22. The molecular formula is C19H24N2O2. The maximum atomic E-state index is 5.97. The Labute approximate surface area is 137 Å². The van der Waals surface area contributed by atoms with Gasteiger partial charge in [-0.15, -0.1) is 0 Å². The van der Waals surface area contributed by atoms with Gasteiger partial charge in [-0.1, -0.05) is 6.07 Å². The molecule has 4 heteroatoms. The van der Waals surface area contributed by atoms with Gasteiger partial charge in [0, 0.05) is 19.4 Å². The summed E-state index contributed by atoms with van der Waals surface area (Å²) in [5, 5.41) is 0. The molecule has 0 atom stereocenters. The normalized spacial score (nSPS) is 15.5. The second-order valence-corrected chi connectivity index (χ2v) is 6.14. The Morgan fingerprint density at radius 3 is 2.83 bits per heavy atom. The van der Waals surface area contributed by atoms with Crippen LogP contribution in [0.1, 0.15) is 24.8 Å². The summed E-state index contributed by atoms with van der Waals surface area (Å²) in [5.41, 5.74) is 9.21. The third-order valence-electron chi connectivity index (χ3n) is 4.44. The number of anilines is 1. The van der Waals surface area contributed by atoms with Crippen LogP contribution < -0.4 is 10.5 Å². The number of hydrogen-bond acceptors (Lipinski definition) is 4. The molecule has 2 aromatic rings. The lowest BCUT2D eigenvalue weighted by Crippen LogP contribution is -2.17. The second kappa shape index (κ2) is 7.47. The lowest BCUT2D eigenvalue weighted by molar-refractivity contribution is 0.0593. The summed E-state index contributed by atoms with van der Waals surface area (Å²) in [6.45, 7) is 4.63. The number of pyridine rings is 1. The average molecular weight is 312 g/mol. The minimum Gasteiger partial charge on any atom is -0.494 e. The van der Waals surface area contributed by atoms with Crippen molar-refractivity contribution in [3.63, 3.8) is 0 Å². The van der Waals surface area contributed by atoms with Crippen LogP contribution >= 0.6 is 0 Å². The summed E-state index contributed by atoms with van der Waals surface area (Å²) in [7, 11) is 0. The molecule has 0 aliphatic carbocycles. The van der Waals surface area contributed by atoms with Gasteiger partial charge in [-0.05, 0) is 73.1 Å². The first-order valence-corrected chi connectivity index (χ1v) is 8.25. The monoisotopic (exact) mass is 312 g/mol. The van der Waals surface area contributed by atoms with Gasteiger partial charge in [0.1, 0.15) is 11.6 Å². The standard InChI is InChI=1S/C19H24N2O2/c1-14-2-3-17(23-11-7-15-5-9-22-10-6-15)13-18(14)16-4-8-21-19(20)12-16/h2-4,8,12-13,15H,5-7,9-11H2,1H3,(H2,20,21). The smallest absolute Gasteiger partial charge is 0.123 e. The van der Waals surface area contributed by atoms with Crippen molar-refractivity contribution < 1.29 is 9.47 Å². The van der Waals surface area contributed by atoms with Gasteiger partial charge in [0.05, 0.1) is 6.61 Å². The zero-order valence-corrected chi connectivity index (χ0v) is 13.6. The molecule has 0 saturated carbocycles. The van der Waals surface area contributed by atoms with Crippen LogP contribution in [0.3, 0.4) is 0 Å². The summed E-state index contributed by atoms with van der Waals surface area (Å²) in [6.07, 6.45) is 5.13. The van der Waals surface area contributed by atoms with Crippen molar-refractivity contribution in [3.8, 4) is 16.9 Å². The lowest BCUT2D eigenvalue weighted by atomic mass is 9.97. The molecule has 1 saturated heterocycles. The molecule has 2 N–H and O–H groups in total. The zero-order chi connectivity index (χ0) is 16.1. The van der Waals surface area contributed by atoms with Gasteiger partial charge in [-0.3, -0.25) is 0 Å². The maximum absolute atomic E-state index is 5.97. The van der Waals surface area contributed by atoms with Crippen molar-refractivity contribution in [1.29, 1.82) is 0 Å². The number of aromatic nitrogens is 1. The number of nitrogens with zero attached hydrogens (tertiary/aromatic N) is 1. The van der Waals surface area contributed by atoms with Crippen LogP contribution in [0.2, 0.25) is 0 Å². The van der Waals surface area contributed by atoms with E-state index in [0.29, 0.717) is 5.82 Å². The average Bonchev–Trinajstić information content (AvgIpc) is 2.57. The van der Waals surface area contributed by atoms with E-state index in [1.54, 1.807) is 6.20 Å². The van der Waals surface area contributed by atoms with Gasteiger partial charge in [-0.25, -0.2) is 4.98 Å². The molecule has 1 aliphatic rings. The number of ether oxygens (including phenoxy) is 2. The van der Waals surface area contributed by atoms with E-state index in [9.17, 15) is 0 Å². The Bertz CT molecular complexity index is 652. The first-order chi connectivity index (χ1) is 11.2. The number of nitrogen functional groups attached to an aromatic ring is 1. The molecule has 1 aliphatic heterocycles. The predicted molar refractivity (Wildman–Crippen MR) is 92.5 cm³/mol. The number of aryl methyl sites for hydroxylation is 1. The molecule has 0 amide bonds. The molecular weight excluding hydrogens is 288 g/mol. The molecule has 122 valence electrons. The first kappa shape index (κ1) is 15.8. The molecule has 0 unspecified atom stereocenters. The highest BCUT2D eigenvalue weighted by Crippen LogP contribution is 2.28. The Morgan fingerprint density at radius 1 is 1.22 bits per heavy atom. The van der Waals surface area contributed by atoms with Crippen LogP contribution in [-0.4, -0.2) is 24.8 Å². The highest BCUT2D eigenvalue weighted by molar-refractivity contribution is 5.70. The van der Waals surface area contributed by atoms with Gasteiger partial charge in [0.15, 0.2) is 0 Å². The van der Waals surface area contributed by atoms with Crippen molar-refractivity contribution in [2.24, 2.45) is 5.92 Å². The third-order valence-corrected chi connectivity index (χ3v) is 4.44. The summed E-state index contributed by atoms with van der Waals surface area (Å²) < 4.78 is 11.4. The SMILES string of the molecule is Cc1ccc(OCCC2CCOCC2)cc1-c1ccnc(N)c1. The molecule has 0 spiro atoms. The predicted octanol–water partition coefficient (Wildman–Crippen LogP) is 3.83. The van der Waals surface area contributed by atoms with E-state index in [1.807, 2.05) is 18.2 Å². The first-order valence-electron chi connectivity index (χ1n) is 8.25. The minimum absolute atomic E-state index is 0.535. The number of benzene rings is 1. The maximum Gasteiger partial charge on any atom is 0.123 e. The van der Waals surface area contributed by atoms with E-state index in [1.165, 1.54) is 5.56 Å². The summed E-state index contributed by atoms with van der Waals surface area (Å²) in [6, 6.07) is 10.1. The van der Waals surface area contributed by atoms with E-state index < -0.39 is 0 Å². The van der Waals surface area contributed by atoms with Crippen molar-refractivity contribution in [2.75, 3.05) is 25.6 Å². The Kier molecular flexibility index (Phi) is 5.13. The fourth-order valence-corrected chi connectivity index (χ4v) is 3.00. The van der Waals surface area contributed by atoms with Gasteiger partial charge in [0.2, 0.25) is 0 Å². The van der Waals surface area contributed by atoms with Crippen molar-refractivity contribution in [2.45, 2.75) is 26.2 Å². The summed E-state index contributed by atoms with van der Waals surface area (Å²) in [5.74, 6) is 2.18. The number of hydrogen-bond donors (Lipinski definition) is 1. The van der Waals surface area contributed by atoms with Gasteiger partial charge >= 0.3 is 0 Å². The van der Waals surface area contributed by atoms with Gasteiger partial charge < -0.3 is 15.2 Å². The Morgan fingerprint density at radius 2 is 2.04 bits per heavy atom. The molecule has 3 rings (SSSR count). The second-order valence-electron chi connectivity index (χ2n) is 6.14. The highest BCUT2D eigenvalue weighted by Gasteiger charge is 2.13. The molecule has 0 radical (unpaired) electrons. The molecule has 2 heterocycles. The quantitative estimate of drug-likeness (QED) is 0.911. The summed E-state index contributed by atoms with van der Waals surface area (Å²) in [4.78, 5) is 4.06. The Hall–Kier alpha value is -2.07.